The summed E-state index contributed by atoms with van der Waals surface area (Å²) in [6.07, 6.45) is 1.33. The second kappa shape index (κ2) is 14.4. The fraction of sp³-hybridized carbons (Fsp3) is 0.312. The second-order valence-electron chi connectivity index (χ2n) is 10.2. The van der Waals surface area contributed by atoms with Gasteiger partial charge < -0.3 is 19.7 Å². The largest absolute Gasteiger partial charge is 0.494 e. The van der Waals surface area contributed by atoms with Crippen LogP contribution in [-0.2, 0) is 18.0 Å². The molecule has 0 aliphatic carbocycles. The molecule has 1 amide bonds. The number of halogens is 2. The zero-order chi connectivity index (χ0) is 29.3. The van der Waals surface area contributed by atoms with E-state index in [1.54, 1.807) is 6.07 Å². The second-order valence-corrected chi connectivity index (χ2v) is 11.0. The number of unbranched alkanes of at least 4 members (excludes halogenated alkanes) is 1. The maximum Gasteiger partial charge on any atom is 0.409 e. The van der Waals surface area contributed by atoms with E-state index < -0.39 is 6.09 Å². The smallest absolute Gasteiger partial charge is 0.409 e. The summed E-state index contributed by atoms with van der Waals surface area (Å²) in [4.78, 5) is 29.6. The minimum absolute atomic E-state index is 0.197. The number of aromatic nitrogens is 1. The zero-order valence-electron chi connectivity index (χ0n) is 23.3. The summed E-state index contributed by atoms with van der Waals surface area (Å²) in [5, 5.41) is 4.77. The van der Waals surface area contributed by atoms with E-state index >= 15 is 0 Å². The van der Waals surface area contributed by atoms with Crippen LogP contribution < -0.4 is 20.5 Å². The van der Waals surface area contributed by atoms with Gasteiger partial charge in [0.1, 0.15) is 5.75 Å². The number of carbonyl (C=O) groups is 1. The van der Waals surface area contributed by atoms with E-state index in [0.29, 0.717) is 34.5 Å². The van der Waals surface area contributed by atoms with Gasteiger partial charge in [0, 0.05) is 44.9 Å². The molecule has 1 fully saturated rings. The molecular formula is C32H34Cl2N4O4. The maximum absolute atomic E-state index is 12.6. The molecule has 1 aliphatic heterocycles. The Kier molecular flexibility index (Phi) is 10.2. The molecule has 0 saturated carbocycles. The standard InChI is InChI=1S/C32H34Cl2N4O4/c33-27-9-6-10-28(31(27)34)37-18-16-36(17-19-37)15-4-5-20-41-26-13-11-25-12-14-30(39)38(29(25)21-26)23-42-32(40)35-22-24-7-2-1-3-8-24/h1-3,6-14,21H,4-5,15-20,22-23H2,(H,35,40). The Morgan fingerprint density at radius 1 is 0.881 bits per heavy atom. The van der Waals surface area contributed by atoms with Gasteiger partial charge in [0.05, 0.1) is 27.9 Å². The third kappa shape index (κ3) is 7.76. The van der Waals surface area contributed by atoms with Gasteiger partial charge in [-0.15, -0.1) is 0 Å². The molecule has 1 N–H and O–H groups in total. The van der Waals surface area contributed by atoms with Crippen molar-refractivity contribution in [3.8, 4) is 5.75 Å². The molecule has 0 unspecified atom stereocenters. The average molecular weight is 610 g/mol. The third-order valence-electron chi connectivity index (χ3n) is 7.35. The van der Waals surface area contributed by atoms with Crippen LogP contribution in [0.1, 0.15) is 18.4 Å². The molecule has 1 aliphatic rings. The van der Waals surface area contributed by atoms with Gasteiger partial charge in [0.25, 0.3) is 5.56 Å². The highest BCUT2D eigenvalue weighted by Crippen LogP contribution is 2.33. The van der Waals surface area contributed by atoms with Gasteiger partial charge in [0.15, 0.2) is 6.73 Å². The lowest BCUT2D eigenvalue weighted by atomic mass is 10.2. The van der Waals surface area contributed by atoms with E-state index in [4.69, 9.17) is 32.7 Å². The summed E-state index contributed by atoms with van der Waals surface area (Å²) < 4.78 is 12.8. The van der Waals surface area contributed by atoms with Gasteiger partial charge >= 0.3 is 6.09 Å². The number of fused-ring (bicyclic) bond motifs is 1. The number of nitrogens with one attached hydrogen (secondary N) is 1. The Labute approximate surface area is 255 Å². The molecule has 1 saturated heterocycles. The Bertz CT molecular complexity index is 1560. The summed E-state index contributed by atoms with van der Waals surface area (Å²) in [5.41, 5.74) is 2.35. The Morgan fingerprint density at radius 3 is 2.48 bits per heavy atom. The molecule has 0 spiro atoms. The van der Waals surface area contributed by atoms with Crippen LogP contribution >= 0.6 is 23.2 Å². The van der Waals surface area contributed by atoms with Crippen molar-refractivity contribution in [1.29, 1.82) is 0 Å². The molecule has 1 aromatic heterocycles. The minimum atomic E-state index is -0.593. The van der Waals surface area contributed by atoms with Crippen LogP contribution in [0.3, 0.4) is 0 Å². The summed E-state index contributed by atoms with van der Waals surface area (Å²) >= 11 is 12.6. The monoisotopic (exact) mass is 608 g/mol. The highest BCUT2D eigenvalue weighted by Gasteiger charge is 2.19. The molecule has 220 valence electrons. The van der Waals surface area contributed by atoms with Crippen molar-refractivity contribution >= 4 is 45.9 Å². The third-order valence-corrected chi connectivity index (χ3v) is 8.16. The Morgan fingerprint density at radius 2 is 1.67 bits per heavy atom. The molecule has 0 atom stereocenters. The van der Waals surface area contributed by atoms with Crippen LogP contribution in [0.15, 0.2) is 83.7 Å². The predicted molar refractivity (Wildman–Crippen MR) is 168 cm³/mol. The molecule has 8 nitrogen and oxygen atoms in total. The van der Waals surface area contributed by atoms with Crippen LogP contribution in [0, 0.1) is 0 Å². The molecule has 42 heavy (non-hydrogen) atoms. The highest BCUT2D eigenvalue weighted by atomic mass is 35.5. The number of hydrogen-bond donors (Lipinski definition) is 1. The predicted octanol–water partition coefficient (Wildman–Crippen LogP) is 6.17. The fourth-order valence-electron chi connectivity index (χ4n) is 5.01. The lowest BCUT2D eigenvalue weighted by molar-refractivity contribution is 0.114. The number of alkyl carbamates (subject to hydrolysis) is 1. The van der Waals surface area contributed by atoms with Crippen molar-refractivity contribution in [1.82, 2.24) is 14.8 Å². The van der Waals surface area contributed by atoms with Gasteiger partial charge in [0.2, 0.25) is 0 Å². The van der Waals surface area contributed by atoms with E-state index in [2.05, 4.69) is 15.1 Å². The number of pyridine rings is 1. The molecule has 3 aromatic carbocycles. The molecule has 0 radical (unpaired) electrons. The number of ether oxygens (including phenoxy) is 2. The van der Waals surface area contributed by atoms with Gasteiger partial charge in [-0.2, -0.15) is 0 Å². The summed E-state index contributed by atoms with van der Waals surface area (Å²) in [7, 11) is 0. The first-order valence-electron chi connectivity index (χ1n) is 14.1. The topological polar surface area (TPSA) is 76.0 Å². The lowest BCUT2D eigenvalue weighted by Gasteiger charge is -2.36. The Balaban J connectivity index is 1.07. The van der Waals surface area contributed by atoms with Gasteiger partial charge in [-0.3, -0.25) is 14.3 Å². The van der Waals surface area contributed by atoms with E-state index in [9.17, 15) is 9.59 Å². The van der Waals surface area contributed by atoms with E-state index in [-0.39, 0.29) is 12.3 Å². The van der Waals surface area contributed by atoms with Crippen LogP contribution in [0.2, 0.25) is 10.0 Å². The number of benzene rings is 3. The van der Waals surface area contributed by atoms with Gasteiger partial charge in [-0.1, -0.05) is 59.6 Å². The molecule has 2 heterocycles. The van der Waals surface area contributed by atoms with Gasteiger partial charge in [-0.05, 0) is 60.7 Å². The number of rotatable bonds is 11. The number of piperazine rings is 1. The van der Waals surface area contributed by atoms with Crippen molar-refractivity contribution in [3.05, 3.63) is 105 Å². The van der Waals surface area contributed by atoms with E-state index in [0.717, 1.165) is 62.2 Å². The van der Waals surface area contributed by atoms with Crippen molar-refractivity contribution < 1.29 is 14.3 Å². The van der Waals surface area contributed by atoms with Crippen molar-refractivity contribution in [2.24, 2.45) is 0 Å². The van der Waals surface area contributed by atoms with Crippen LogP contribution in [0.25, 0.3) is 10.9 Å². The summed E-state index contributed by atoms with van der Waals surface area (Å²) in [6, 6.07) is 24.2. The normalized spacial score (nSPS) is 13.7. The Hall–Kier alpha value is -3.72. The summed E-state index contributed by atoms with van der Waals surface area (Å²) in [6.45, 7) is 5.48. The number of anilines is 1. The highest BCUT2D eigenvalue weighted by molar-refractivity contribution is 6.43. The fourth-order valence-corrected chi connectivity index (χ4v) is 5.43. The first-order valence-corrected chi connectivity index (χ1v) is 14.9. The zero-order valence-corrected chi connectivity index (χ0v) is 24.8. The van der Waals surface area contributed by atoms with Crippen molar-refractivity contribution in [3.63, 3.8) is 0 Å². The first kappa shape index (κ1) is 29.8. The minimum Gasteiger partial charge on any atom is -0.494 e. The quantitative estimate of drug-likeness (QED) is 0.205. The molecule has 4 aromatic rings. The van der Waals surface area contributed by atoms with Gasteiger partial charge in [-0.25, -0.2) is 4.79 Å². The van der Waals surface area contributed by atoms with Crippen molar-refractivity contribution in [2.75, 3.05) is 44.2 Å². The lowest BCUT2D eigenvalue weighted by Crippen LogP contribution is -2.46. The van der Waals surface area contributed by atoms with E-state index in [1.807, 2.05) is 66.7 Å². The molecule has 5 rings (SSSR count). The van der Waals surface area contributed by atoms with Crippen LogP contribution in [0.4, 0.5) is 10.5 Å². The number of amides is 1. The maximum atomic E-state index is 12.6. The molecular weight excluding hydrogens is 575 g/mol. The molecule has 10 heteroatoms. The first-order chi connectivity index (χ1) is 20.5. The average Bonchev–Trinajstić information content (AvgIpc) is 3.01. The molecule has 0 bridgehead atoms. The van der Waals surface area contributed by atoms with E-state index in [1.165, 1.54) is 10.6 Å². The SMILES string of the molecule is O=C(NCc1ccccc1)OCn1c(=O)ccc2ccc(OCCCCN3CCN(c4cccc(Cl)c4Cl)CC3)cc21. The van der Waals surface area contributed by atoms with Crippen LogP contribution in [0.5, 0.6) is 5.75 Å². The van der Waals surface area contributed by atoms with Crippen LogP contribution in [-0.4, -0.2) is 54.9 Å². The summed E-state index contributed by atoms with van der Waals surface area (Å²) in [5.74, 6) is 0.669. The number of hydrogen-bond acceptors (Lipinski definition) is 6. The number of carbonyl (C=O) groups excluding carboxylic acids is 1. The van der Waals surface area contributed by atoms with Crippen molar-refractivity contribution in [2.45, 2.75) is 26.1 Å². The number of nitrogens with zero attached hydrogens (tertiary/aromatic N) is 3.